The van der Waals surface area contributed by atoms with Crippen molar-refractivity contribution in [2.75, 3.05) is 0 Å². The standard InChI is InChI=1S/C27H25N.C3H8.C2H6/c1-5-12-22(19(3)6-2)24-18-27-25(17-20(24)4)23-15-10-11-16-26(23)28(27)21-13-8-7-9-14-21;1-3-2;1-2/h5-18H,2H2,1,3-4H3;3H2,1-2H3;1-2H3/b12-5-,22-19+;;. The molecule has 0 atom stereocenters. The van der Waals surface area contributed by atoms with Crippen LogP contribution in [0.3, 0.4) is 0 Å². The second-order valence-electron chi connectivity index (χ2n) is 7.88. The highest BCUT2D eigenvalue weighted by Gasteiger charge is 2.15. The van der Waals surface area contributed by atoms with Crippen molar-refractivity contribution in [1.82, 2.24) is 4.57 Å². The van der Waals surface area contributed by atoms with E-state index in [0.29, 0.717) is 0 Å². The summed E-state index contributed by atoms with van der Waals surface area (Å²) in [6.07, 6.45) is 7.46. The number of para-hydroxylation sites is 2. The summed E-state index contributed by atoms with van der Waals surface area (Å²) >= 11 is 0. The number of nitrogens with zero attached hydrogens (tertiary/aromatic N) is 1. The summed E-state index contributed by atoms with van der Waals surface area (Å²) in [7, 11) is 0. The summed E-state index contributed by atoms with van der Waals surface area (Å²) < 4.78 is 2.37. The molecule has 1 nitrogen and oxygen atoms in total. The van der Waals surface area contributed by atoms with Crippen LogP contribution < -0.4 is 0 Å². The van der Waals surface area contributed by atoms with Crippen molar-refractivity contribution in [2.45, 2.75) is 54.9 Å². The molecule has 1 heteroatoms. The normalized spacial score (nSPS) is 11.5. The molecule has 4 aromatic rings. The Hall–Kier alpha value is -3.32. The molecule has 0 aliphatic heterocycles. The highest BCUT2D eigenvalue weighted by atomic mass is 15.0. The average molecular weight is 438 g/mol. The largest absolute Gasteiger partial charge is 0.309 e. The fourth-order valence-electron chi connectivity index (χ4n) is 3.98. The van der Waals surface area contributed by atoms with Crippen molar-refractivity contribution >= 4 is 27.4 Å². The predicted octanol–water partition coefficient (Wildman–Crippen LogP) is 10.1. The molecule has 0 fully saturated rings. The van der Waals surface area contributed by atoms with E-state index in [0.717, 1.165) is 0 Å². The molecule has 0 bridgehead atoms. The number of aryl methyl sites for hydroxylation is 1. The summed E-state index contributed by atoms with van der Waals surface area (Å²) in [5.74, 6) is 0. The van der Waals surface area contributed by atoms with Gasteiger partial charge in [-0.25, -0.2) is 0 Å². The van der Waals surface area contributed by atoms with Crippen LogP contribution in [0.25, 0.3) is 33.1 Å². The lowest BCUT2D eigenvalue weighted by Gasteiger charge is -2.13. The van der Waals surface area contributed by atoms with Gasteiger partial charge in [0.25, 0.3) is 0 Å². The summed E-state index contributed by atoms with van der Waals surface area (Å²) in [6.45, 7) is 18.6. The first-order valence-corrected chi connectivity index (χ1v) is 12.1. The van der Waals surface area contributed by atoms with E-state index in [9.17, 15) is 0 Å². The van der Waals surface area contributed by atoms with E-state index in [-0.39, 0.29) is 0 Å². The van der Waals surface area contributed by atoms with E-state index in [1.54, 1.807) is 0 Å². The molecule has 4 rings (SSSR count). The quantitative estimate of drug-likeness (QED) is 0.280. The van der Waals surface area contributed by atoms with Crippen LogP contribution in [0.15, 0.2) is 97.1 Å². The lowest BCUT2D eigenvalue weighted by atomic mass is 9.94. The van der Waals surface area contributed by atoms with E-state index >= 15 is 0 Å². The molecular weight excluding hydrogens is 398 g/mol. The molecule has 1 aromatic heterocycles. The second-order valence-corrected chi connectivity index (χ2v) is 7.88. The molecule has 0 aliphatic rings. The molecule has 3 aromatic carbocycles. The Balaban J connectivity index is 0.000000714. The third kappa shape index (κ3) is 5.54. The van der Waals surface area contributed by atoms with Gasteiger partial charge in [-0.05, 0) is 73.4 Å². The number of rotatable bonds is 4. The first-order valence-electron chi connectivity index (χ1n) is 12.1. The van der Waals surface area contributed by atoms with Gasteiger partial charge in [-0.2, -0.15) is 0 Å². The zero-order valence-electron chi connectivity index (χ0n) is 21.4. The number of aromatic nitrogens is 1. The average Bonchev–Trinajstić information content (AvgIpc) is 3.17. The first kappa shape index (κ1) is 25.9. The van der Waals surface area contributed by atoms with Gasteiger partial charge in [0.15, 0.2) is 0 Å². The van der Waals surface area contributed by atoms with Crippen LogP contribution in [-0.4, -0.2) is 4.57 Å². The molecule has 172 valence electrons. The maximum atomic E-state index is 3.98. The number of allylic oxidation sites excluding steroid dienone is 5. The van der Waals surface area contributed by atoms with Crippen molar-refractivity contribution in [2.24, 2.45) is 0 Å². The summed E-state index contributed by atoms with van der Waals surface area (Å²) in [5.41, 5.74) is 8.58. The third-order valence-electron chi connectivity index (χ3n) is 5.39. The van der Waals surface area contributed by atoms with Gasteiger partial charge in [0.1, 0.15) is 0 Å². The van der Waals surface area contributed by atoms with Crippen LogP contribution in [-0.2, 0) is 0 Å². The van der Waals surface area contributed by atoms with Gasteiger partial charge in [0, 0.05) is 16.5 Å². The van der Waals surface area contributed by atoms with E-state index in [1.165, 1.54) is 56.2 Å². The number of benzene rings is 3. The zero-order valence-corrected chi connectivity index (χ0v) is 21.4. The maximum Gasteiger partial charge on any atom is 0.0547 e. The van der Waals surface area contributed by atoms with Crippen LogP contribution in [0.5, 0.6) is 0 Å². The first-order chi connectivity index (χ1) is 16.1. The molecule has 0 amide bonds. The lowest BCUT2D eigenvalue weighted by molar-refractivity contribution is 1.09. The van der Waals surface area contributed by atoms with Crippen molar-refractivity contribution in [3.63, 3.8) is 0 Å². The Bertz CT molecular complexity index is 1250. The molecule has 1 heterocycles. The fourth-order valence-corrected chi connectivity index (χ4v) is 3.98. The van der Waals surface area contributed by atoms with Crippen molar-refractivity contribution in [3.8, 4) is 5.69 Å². The topological polar surface area (TPSA) is 4.93 Å². The second kappa shape index (κ2) is 12.6. The molecule has 0 saturated carbocycles. The SMILES string of the molecule is C=C/C(C)=C(\C=C/C)c1cc2c(cc1C)c1ccccc1n2-c1ccccc1.CC.CCC. The minimum absolute atomic E-state index is 1.18. The monoisotopic (exact) mass is 437 g/mol. The van der Waals surface area contributed by atoms with Crippen molar-refractivity contribution in [3.05, 3.63) is 108 Å². The molecule has 33 heavy (non-hydrogen) atoms. The van der Waals surface area contributed by atoms with Crippen LogP contribution in [0.4, 0.5) is 0 Å². The van der Waals surface area contributed by atoms with E-state index in [2.05, 4.69) is 125 Å². The number of hydrogen-bond acceptors (Lipinski definition) is 0. The van der Waals surface area contributed by atoms with Crippen molar-refractivity contribution in [1.29, 1.82) is 0 Å². The van der Waals surface area contributed by atoms with Gasteiger partial charge in [-0.3, -0.25) is 0 Å². The molecular formula is C32H39N. The molecule has 0 aliphatic carbocycles. The fraction of sp³-hybridized carbons (Fsp3) is 0.250. The van der Waals surface area contributed by atoms with Gasteiger partial charge >= 0.3 is 0 Å². The minimum Gasteiger partial charge on any atom is -0.309 e. The van der Waals surface area contributed by atoms with Gasteiger partial charge < -0.3 is 4.57 Å². The minimum atomic E-state index is 1.18. The van der Waals surface area contributed by atoms with Crippen LogP contribution in [0.2, 0.25) is 0 Å². The van der Waals surface area contributed by atoms with Crippen LogP contribution in [0, 0.1) is 6.92 Å². The highest BCUT2D eigenvalue weighted by molar-refractivity contribution is 6.10. The Kier molecular flexibility index (Phi) is 9.94. The number of hydrogen-bond donors (Lipinski definition) is 0. The van der Waals surface area contributed by atoms with Gasteiger partial charge in [-0.15, -0.1) is 0 Å². The Labute approximate surface area is 200 Å². The third-order valence-corrected chi connectivity index (χ3v) is 5.39. The van der Waals surface area contributed by atoms with Gasteiger partial charge in [0.2, 0.25) is 0 Å². The summed E-state index contributed by atoms with van der Waals surface area (Å²) in [4.78, 5) is 0. The lowest BCUT2D eigenvalue weighted by Crippen LogP contribution is -1.95. The molecule has 0 spiro atoms. The van der Waals surface area contributed by atoms with Gasteiger partial charge in [-0.1, -0.05) is 95.3 Å². The molecule has 0 N–H and O–H groups in total. The predicted molar refractivity (Wildman–Crippen MR) is 150 cm³/mol. The van der Waals surface area contributed by atoms with Crippen LogP contribution in [0.1, 0.15) is 59.1 Å². The highest BCUT2D eigenvalue weighted by Crippen LogP contribution is 2.36. The van der Waals surface area contributed by atoms with Crippen LogP contribution >= 0.6 is 0 Å². The summed E-state index contributed by atoms with van der Waals surface area (Å²) in [6, 6.07) is 23.9. The maximum absolute atomic E-state index is 3.98. The van der Waals surface area contributed by atoms with E-state index in [4.69, 9.17) is 0 Å². The Morgan fingerprint density at radius 3 is 2.09 bits per heavy atom. The molecule has 0 radical (unpaired) electrons. The summed E-state index contributed by atoms with van der Waals surface area (Å²) in [5, 5.41) is 2.57. The van der Waals surface area contributed by atoms with E-state index in [1.807, 2.05) is 19.9 Å². The molecule has 0 saturated heterocycles. The van der Waals surface area contributed by atoms with Gasteiger partial charge in [0.05, 0.1) is 11.0 Å². The van der Waals surface area contributed by atoms with E-state index < -0.39 is 0 Å². The Morgan fingerprint density at radius 1 is 0.879 bits per heavy atom. The Morgan fingerprint density at radius 2 is 1.48 bits per heavy atom. The number of fused-ring (bicyclic) bond motifs is 3. The van der Waals surface area contributed by atoms with Crippen molar-refractivity contribution < 1.29 is 0 Å². The molecule has 0 unspecified atom stereocenters. The smallest absolute Gasteiger partial charge is 0.0547 e. The zero-order chi connectivity index (χ0) is 24.4.